The first-order chi connectivity index (χ1) is 11.2. The summed E-state index contributed by atoms with van der Waals surface area (Å²) in [6, 6.07) is 14.0. The van der Waals surface area contributed by atoms with Crippen LogP contribution in [0.1, 0.15) is 25.5 Å². The van der Waals surface area contributed by atoms with Crippen molar-refractivity contribution in [1.29, 1.82) is 0 Å². The van der Waals surface area contributed by atoms with Crippen molar-refractivity contribution < 1.29 is 91.5 Å². The monoisotopic (exact) mass is 544 g/mol. The summed E-state index contributed by atoms with van der Waals surface area (Å²) in [5, 5.41) is 0. The van der Waals surface area contributed by atoms with Gasteiger partial charge in [-0.15, -0.1) is 0 Å². The Morgan fingerprint density at radius 3 is 0.967 bits per heavy atom. The molecule has 0 saturated heterocycles. The summed E-state index contributed by atoms with van der Waals surface area (Å²) in [7, 11) is 0. The Labute approximate surface area is 212 Å². The summed E-state index contributed by atoms with van der Waals surface area (Å²) < 4.78 is 103. The van der Waals surface area contributed by atoms with Gasteiger partial charge in [0.15, 0.2) is 0 Å². The number of hydrogen-bond donors (Lipinski definition) is 0. The number of alkyl halides is 9. The second-order valence-electron chi connectivity index (χ2n) is 4.51. The smallest absolute Gasteiger partial charge is 1.00 e. The fourth-order valence-electron chi connectivity index (χ4n) is 1.26. The molecule has 0 aliphatic carbocycles. The van der Waals surface area contributed by atoms with Crippen LogP contribution in [0.3, 0.4) is 0 Å². The fourth-order valence-corrected chi connectivity index (χ4v) is 1.26. The third-order valence-electron chi connectivity index (χ3n) is 2.18. The molecule has 13 heteroatoms. The Hall–Kier alpha value is -0.320. The molecular weight excluding hydrogens is 528 g/mol. The topological polar surface area (TPSA) is 0 Å². The summed E-state index contributed by atoms with van der Waals surface area (Å²) in [5.74, 6) is 0. The molecule has 0 N–H and O–H groups in total. The quantitative estimate of drug-likeness (QED) is 0.349. The molecule has 0 unspecified atom stereocenters. The number of rotatable bonds is 0. The summed E-state index contributed by atoms with van der Waals surface area (Å²) in [6.07, 6.45) is -13.5. The molecule has 0 nitrogen and oxygen atoms in total. The Kier molecular flexibility index (Phi) is 28.1. The Bertz CT molecular complexity index is 557. The zero-order valence-electron chi connectivity index (χ0n) is 15.1. The maximum absolute atomic E-state index is 12.0. The molecule has 30 heavy (non-hydrogen) atoms. The van der Waals surface area contributed by atoms with E-state index in [1.54, 1.807) is 0 Å². The summed E-state index contributed by atoms with van der Waals surface area (Å²) >= 11 is 0. The van der Waals surface area contributed by atoms with Crippen LogP contribution in [0.2, 0.25) is 0 Å². The third kappa shape index (κ3) is 25.7. The van der Waals surface area contributed by atoms with Gasteiger partial charge in [0.1, 0.15) is 0 Å². The van der Waals surface area contributed by atoms with Crippen LogP contribution in [0.15, 0.2) is 60.7 Å². The van der Waals surface area contributed by atoms with Crippen molar-refractivity contribution in [2.45, 2.75) is 32.9 Å². The molecular formula is C17H17AgB2F9Na. The molecule has 0 heterocycles. The van der Waals surface area contributed by atoms with Crippen molar-refractivity contribution in [3.8, 4) is 0 Å². The van der Waals surface area contributed by atoms with E-state index in [9.17, 15) is 39.5 Å². The van der Waals surface area contributed by atoms with E-state index in [0.29, 0.717) is 12.1 Å². The molecule has 166 valence electrons. The van der Waals surface area contributed by atoms with Crippen LogP contribution in [-0.4, -0.2) is 23.0 Å². The largest absolute Gasteiger partial charge is 1.00 e. The van der Waals surface area contributed by atoms with Crippen molar-refractivity contribution in [3.05, 3.63) is 71.8 Å². The Morgan fingerprint density at radius 1 is 0.600 bits per heavy atom. The van der Waals surface area contributed by atoms with Crippen LogP contribution in [0, 0.1) is 0 Å². The van der Waals surface area contributed by atoms with Gasteiger partial charge in [0.05, 0.1) is 11.1 Å². The number of hydrogen-bond acceptors (Lipinski definition) is 0. The van der Waals surface area contributed by atoms with E-state index in [1.165, 1.54) is 0 Å². The Balaban J connectivity index is -0.0000000771. The number of halogens is 9. The van der Waals surface area contributed by atoms with Gasteiger partial charge in [-0.1, -0.05) is 49.9 Å². The maximum atomic E-state index is 12.0. The van der Waals surface area contributed by atoms with Crippen molar-refractivity contribution in [3.63, 3.8) is 0 Å². The standard InChI is InChI=1S/C8H4F6.C6H6.C2H3F3.CH4.Ag.2B.Na/c9-7(10,11)5-2-1-3-6(4-5)8(12,13)14;1-2-4-6-5-3-1;1-2(3,4)5;;;;;/h1-4H;1-6H;1H3;1H4;;;;/q;;;;;;-1;+1. The molecule has 2 aromatic carbocycles. The van der Waals surface area contributed by atoms with Gasteiger partial charge in [0.25, 0.3) is 0 Å². The van der Waals surface area contributed by atoms with E-state index in [-0.39, 0.29) is 89.2 Å². The van der Waals surface area contributed by atoms with Crippen LogP contribution >= 0.6 is 0 Å². The molecule has 0 aliphatic rings. The van der Waals surface area contributed by atoms with Crippen LogP contribution in [0.4, 0.5) is 39.5 Å². The minimum Gasteiger partial charge on any atom is -1.00 e. The van der Waals surface area contributed by atoms with Crippen LogP contribution < -0.4 is 29.6 Å². The second kappa shape index (κ2) is 19.4. The van der Waals surface area contributed by atoms with E-state index in [2.05, 4.69) is 0 Å². The van der Waals surface area contributed by atoms with Gasteiger partial charge in [-0.2, -0.15) is 39.5 Å². The van der Waals surface area contributed by atoms with Crippen LogP contribution in [-0.2, 0) is 34.7 Å². The second-order valence-corrected chi connectivity index (χ2v) is 4.51. The summed E-state index contributed by atoms with van der Waals surface area (Å²) in [6.45, 7) is 0.188. The first-order valence-electron chi connectivity index (χ1n) is 6.52. The van der Waals surface area contributed by atoms with Crippen molar-refractivity contribution in [2.75, 3.05) is 0 Å². The van der Waals surface area contributed by atoms with Crippen molar-refractivity contribution in [2.24, 2.45) is 0 Å². The molecule has 2 aromatic rings. The SMILES string of the molecule is C.CC(F)(F)F.FC(F)(F)c1cccc(C(F)(F)F)c1.[Ag].[B-].[B].[Na+].c1ccccc1. The van der Waals surface area contributed by atoms with E-state index < -0.39 is 29.7 Å². The van der Waals surface area contributed by atoms with Gasteiger partial charge in [-0.25, -0.2) is 0 Å². The van der Waals surface area contributed by atoms with E-state index >= 15 is 0 Å². The molecule has 2 rings (SSSR count). The van der Waals surface area contributed by atoms with Crippen LogP contribution in [0.25, 0.3) is 0 Å². The average Bonchev–Trinajstić information content (AvgIpc) is 2.46. The molecule has 0 amide bonds. The zero-order chi connectivity index (χ0) is 19.7. The molecule has 0 aliphatic heterocycles. The predicted molar refractivity (Wildman–Crippen MR) is 92.9 cm³/mol. The van der Waals surface area contributed by atoms with Crippen LogP contribution in [0.5, 0.6) is 0 Å². The molecule has 0 fully saturated rings. The molecule has 8 radical (unpaired) electrons. The van der Waals surface area contributed by atoms with Crippen molar-refractivity contribution >= 4 is 16.8 Å². The average molecular weight is 545 g/mol. The predicted octanol–water partition coefficient (Wildman–Crippen LogP) is 3.86. The van der Waals surface area contributed by atoms with Gasteiger partial charge in [-0.05, 0) is 18.2 Å². The number of benzene rings is 2. The fraction of sp³-hybridized carbons (Fsp3) is 0.294. The van der Waals surface area contributed by atoms with Gasteiger partial charge in [0, 0.05) is 37.7 Å². The van der Waals surface area contributed by atoms with E-state index in [4.69, 9.17) is 0 Å². The third-order valence-corrected chi connectivity index (χ3v) is 2.18. The first-order valence-corrected chi connectivity index (χ1v) is 6.52. The minimum absolute atomic E-state index is 0. The molecule has 0 bridgehead atoms. The van der Waals surface area contributed by atoms with Gasteiger partial charge < -0.3 is 8.41 Å². The molecule has 0 saturated carbocycles. The van der Waals surface area contributed by atoms with E-state index in [0.717, 1.165) is 6.07 Å². The zero-order valence-corrected chi connectivity index (χ0v) is 18.6. The molecule has 0 atom stereocenters. The summed E-state index contributed by atoms with van der Waals surface area (Å²) in [5.41, 5.74) is -2.60. The summed E-state index contributed by atoms with van der Waals surface area (Å²) in [4.78, 5) is 0. The van der Waals surface area contributed by atoms with E-state index in [1.807, 2.05) is 36.4 Å². The minimum atomic E-state index is -4.75. The van der Waals surface area contributed by atoms with Gasteiger partial charge in [-0.3, -0.25) is 0 Å². The normalized spacial score (nSPS) is 9.67. The molecule has 0 aromatic heterocycles. The van der Waals surface area contributed by atoms with Gasteiger partial charge >= 0.3 is 48.1 Å². The first kappa shape index (κ1) is 43.5. The maximum Gasteiger partial charge on any atom is 1.00 e. The molecule has 0 spiro atoms. The van der Waals surface area contributed by atoms with Crippen molar-refractivity contribution in [1.82, 2.24) is 0 Å². The van der Waals surface area contributed by atoms with Gasteiger partial charge in [0.2, 0.25) is 0 Å². The Morgan fingerprint density at radius 2 is 0.800 bits per heavy atom.